The summed E-state index contributed by atoms with van der Waals surface area (Å²) in [4.78, 5) is 14.0. The largest absolute Gasteiger partial charge is 0.354 e. The van der Waals surface area contributed by atoms with Crippen LogP contribution in [0.1, 0.15) is 23.6 Å². The Morgan fingerprint density at radius 2 is 2.25 bits per heavy atom. The van der Waals surface area contributed by atoms with E-state index in [0.29, 0.717) is 19.0 Å². The monoisotopic (exact) mass is 240 g/mol. The van der Waals surface area contributed by atoms with Gasteiger partial charge in [0.25, 0.3) is 0 Å². The van der Waals surface area contributed by atoms with Crippen LogP contribution in [-0.2, 0) is 11.2 Å². The molecule has 0 unspecified atom stereocenters. The van der Waals surface area contributed by atoms with Crippen LogP contribution in [0.3, 0.4) is 0 Å². The van der Waals surface area contributed by atoms with Crippen LogP contribution >= 0.6 is 11.3 Å². The van der Waals surface area contributed by atoms with Crippen LogP contribution in [0.2, 0.25) is 0 Å². The van der Waals surface area contributed by atoms with Crippen LogP contribution in [0.25, 0.3) is 0 Å². The van der Waals surface area contributed by atoms with Gasteiger partial charge in [-0.15, -0.1) is 11.3 Å². The van der Waals surface area contributed by atoms with E-state index >= 15 is 0 Å². The summed E-state index contributed by atoms with van der Waals surface area (Å²) in [6.45, 7) is 7.81. The van der Waals surface area contributed by atoms with Gasteiger partial charge in [-0.1, -0.05) is 6.92 Å². The van der Waals surface area contributed by atoms with Crippen molar-refractivity contribution >= 4 is 17.2 Å². The van der Waals surface area contributed by atoms with Gasteiger partial charge in [-0.05, 0) is 32.5 Å². The molecule has 0 spiro atoms. The number of thiophene rings is 1. The van der Waals surface area contributed by atoms with Crippen molar-refractivity contribution in [3.63, 3.8) is 0 Å². The second-order valence-electron chi connectivity index (χ2n) is 3.95. The quantitative estimate of drug-likeness (QED) is 0.795. The second kappa shape index (κ2) is 6.66. The van der Waals surface area contributed by atoms with Crippen LogP contribution < -0.4 is 10.6 Å². The summed E-state index contributed by atoms with van der Waals surface area (Å²) < 4.78 is 0. The minimum absolute atomic E-state index is 0.103. The molecule has 1 aromatic rings. The molecule has 90 valence electrons. The first-order valence-electron chi connectivity index (χ1n) is 5.67. The number of hydrogen-bond acceptors (Lipinski definition) is 3. The molecule has 0 saturated carbocycles. The van der Waals surface area contributed by atoms with Crippen LogP contribution in [0.15, 0.2) is 12.1 Å². The molecule has 0 aliphatic rings. The molecule has 16 heavy (non-hydrogen) atoms. The highest BCUT2D eigenvalue weighted by Crippen LogP contribution is 2.15. The average Bonchev–Trinajstić information content (AvgIpc) is 2.61. The fourth-order valence-corrected chi connectivity index (χ4v) is 2.38. The van der Waals surface area contributed by atoms with Crippen molar-refractivity contribution in [2.24, 2.45) is 0 Å². The van der Waals surface area contributed by atoms with Crippen molar-refractivity contribution in [2.45, 2.75) is 33.2 Å². The van der Waals surface area contributed by atoms with Crippen molar-refractivity contribution in [1.82, 2.24) is 10.6 Å². The van der Waals surface area contributed by atoms with Gasteiger partial charge in [0.2, 0.25) is 5.91 Å². The number of carbonyl (C=O) groups is 1. The molecule has 1 aromatic heterocycles. The molecule has 0 radical (unpaired) electrons. The first-order chi connectivity index (χ1) is 7.61. The second-order valence-corrected chi connectivity index (χ2v) is 5.32. The topological polar surface area (TPSA) is 41.1 Å². The predicted octanol–water partition coefficient (Wildman–Crippen LogP) is 1.71. The highest BCUT2D eigenvalue weighted by Gasteiger charge is 2.06. The highest BCUT2D eigenvalue weighted by molar-refractivity contribution is 7.12. The van der Waals surface area contributed by atoms with E-state index in [1.165, 1.54) is 4.88 Å². The van der Waals surface area contributed by atoms with Gasteiger partial charge in [0.1, 0.15) is 0 Å². The van der Waals surface area contributed by atoms with Gasteiger partial charge in [-0.3, -0.25) is 4.79 Å². The molecule has 1 rings (SSSR count). The minimum Gasteiger partial charge on any atom is -0.354 e. The van der Waals surface area contributed by atoms with Crippen molar-refractivity contribution < 1.29 is 4.79 Å². The summed E-state index contributed by atoms with van der Waals surface area (Å²) in [7, 11) is 0. The lowest BCUT2D eigenvalue weighted by molar-refractivity contribution is -0.120. The molecular formula is C12H20N2OS. The number of nitrogens with one attached hydrogen (secondary N) is 2. The standard InChI is InChI=1S/C12H20N2OS/c1-4-13-9(2)8-14-12(15)7-11-6-5-10(3)16-11/h5-6,9,13H,4,7-8H2,1-3H3,(H,14,15)/t9-/m1/s1. The van der Waals surface area contributed by atoms with Crippen LogP contribution in [-0.4, -0.2) is 25.0 Å². The lowest BCUT2D eigenvalue weighted by Crippen LogP contribution is -2.39. The highest BCUT2D eigenvalue weighted by atomic mass is 32.1. The Morgan fingerprint density at radius 3 is 2.81 bits per heavy atom. The first kappa shape index (κ1) is 13.2. The van der Waals surface area contributed by atoms with Gasteiger partial charge in [-0.2, -0.15) is 0 Å². The third-order valence-corrected chi connectivity index (χ3v) is 3.29. The van der Waals surface area contributed by atoms with E-state index in [0.717, 1.165) is 11.4 Å². The number of hydrogen-bond donors (Lipinski definition) is 2. The Hall–Kier alpha value is -0.870. The van der Waals surface area contributed by atoms with Crippen molar-refractivity contribution in [1.29, 1.82) is 0 Å². The number of amides is 1. The van der Waals surface area contributed by atoms with Crippen LogP contribution in [0.4, 0.5) is 0 Å². The Kier molecular flexibility index (Phi) is 5.49. The molecular weight excluding hydrogens is 220 g/mol. The molecule has 0 aliphatic heterocycles. The zero-order chi connectivity index (χ0) is 12.0. The Balaban J connectivity index is 2.26. The maximum atomic E-state index is 11.6. The van der Waals surface area contributed by atoms with Gasteiger partial charge in [-0.25, -0.2) is 0 Å². The molecule has 1 atom stereocenters. The van der Waals surface area contributed by atoms with Gasteiger partial charge in [0.15, 0.2) is 0 Å². The van der Waals surface area contributed by atoms with Crippen molar-refractivity contribution in [3.8, 4) is 0 Å². The van der Waals surface area contributed by atoms with E-state index in [9.17, 15) is 4.79 Å². The van der Waals surface area contributed by atoms with Crippen molar-refractivity contribution in [2.75, 3.05) is 13.1 Å². The Bertz CT molecular complexity index is 336. The zero-order valence-electron chi connectivity index (χ0n) is 10.2. The summed E-state index contributed by atoms with van der Waals surface area (Å²) in [5.41, 5.74) is 0. The van der Waals surface area contributed by atoms with E-state index in [4.69, 9.17) is 0 Å². The molecule has 0 aromatic carbocycles. The third kappa shape index (κ3) is 4.77. The zero-order valence-corrected chi connectivity index (χ0v) is 11.0. The molecule has 4 heteroatoms. The van der Waals surface area contributed by atoms with Gasteiger partial charge in [0.05, 0.1) is 6.42 Å². The van der Waals surface area contributed by atoms with Crippen molar-refractivity contribution in [3.05, 3.63) is 21.9 Å². The summed E-state index contributed by atoms with van der Waals surface area (Å²) in [6.07, 6.45) is 0.497. The molecule has 0 fully saturated rings. The first-order valence-corrected chi connectivity index (χ1v) is 6.49. The smallest absolute Gasteiger partial charge is 0.225 e. The fourth-order valence-electron chi connectivity index (χ4n) is 1.49. The molecule has 1 amide bonds. The maximum absolute atomic E-state index is 11.6. The van der Waals surface area contributed by atoms with Gasteiger partial charge >= 0.3 is 0 Å². The molecule has 3 nitrogen and oxygen atoms in total. The lowest BCUT2D eigenvalue weighted by Gasteiger charge is -2.12. The third-order valence-electron chi connectivity index (χ3n) is 2.29. The minimum atomic E-state index is 0.103. The molecule has 0 bridgehead atoms. The molecule has 1 heterocycles. The SMILES string of the molecule is CCN[C@H](C)CNC(=O)Cc1ccc(C)s1. The summed E-state index contributed by atoms with van der Waals surface area (Å²) in [5, 5.41) is 6.19. The van der Waals surface area contributed by atoms with Crippen LogP contribution in [0, 0.1) is 6.92 Å². The normalized spacial score (nSPS) is 12.4. The van der Waals surface area contributed by atoms with E-state index in [-0.39, 0.29) is 5.91 Å². The lowest BCUT2D eigenvalue weighted by atomic mass is 10.3. The van der Waals surface area contributed by atoms with E-state index in [1.807, 2.05) is 6.07 Å². The number of rotatable bonds is 6. The Labute approximate surface area is 101 Å². The summed E-state index contributed by atoms with van der Waals surface area (Å²) in [5.74, 6) is 0.103. The summed E-state index contributed by atoms with van der Waals surface area (Å²) in [6, 6.07) is 4.40. The maximum Gasteiger partial charge on any atom is 0.225 e. The van der Waals surface area contributed by atoms with E-state index < -0.39 is 0 Å². The van der Waals surface area contributed by atoms with Crippen LogP contribution in [0.5, 0.6) is 0 Å². The number of carbonyl (C=O) groups excluding carboxylic acids is 1. The Morgan fingerprint density at radius 1 is 1.50 bits per heavy atom. The molecule has 0 saturated heterocycles. The fraction of sp³-hybridized carbons (Fsp3) is 0.583. The van der Waals surface area contributed by atoms with E-state index in [1.54, 1.807) is 11.3 Å². The summed E-state index contributed by atoms with van der Waals surface area (Å²) >= 11 is 1.68. The average molecular weight is 240 g/mol. The number of aryl methyl sites for hydroxylation is 1. The van der Waals surface area contributed by atoms with Gasteiger partial charge < -0.3 is 10.6 Å². The number of likely N-dealkylation sites (N-methyl/N-ethyl adjacent to an activating group) is 1. The van der Waals surface area contributed by atoms with E-state index in [2.05, 4.69) is 37.5 Å². The predicted molar refractivity (Wildman–Crippen MR) is 68.9 cm³/mol. The molecule has 2 N–H and O–H groups in total. The molecule has 0 aliphatic carbocycles. The van der Waals surface area contributed by atoms with Gasteiger partial charge in [0, 0.05) is 22.3 Å².